The topological polar surface area (TPSA) is 37.3 Å². The van der Waals surface area contributed by atoms with E-state index in [4.69, 9.17) is 5.11 Å². The van der Waals surface area contributed by atoms with Crippen LogP contribution in [0.5, 0.6) is 0 Å². The molecule has 26 heavy (non-hydrogen) atoms. The van der Waals surface area contributed by atoms with Gasteiger partial charge in [-0.2, -0.15) is 0 Å². The molecule has 4 saturated carbocycles. The molecule has 6 atom stereocenters. The summed E-state index contributed by atoms with van der Waals surface area (Å²) in [5.41, 5.74) is 4.03. The van der Waals surface area contributed by atoms with Crippen molar-refractivity contribution in [2.75, 3.05) is 0 Å². The van der Waals surface area contributed by atoms with Crippen molar-refractivity contribution in [3.63, 3.8) is 0 Å². The van der Waals surface area contributed by atoms with Gasteiger partial charge in [0, 0.05) is 6.42 Å². The molecule has 0 spiro atoms. The highest BCUT2D eigenvalue weighted by Crippen LogP contribution is 2.67. The first-order valence-corrected chi connectivity index (χ1v) is 11.3. The van der Waals surface area contributed by atoms with Crippen molar-refractivity contribution < 1.29 is 9.90 Å². The van der Waals surface area contributed by atoms with Gasteiger partial charge in [0.25, 0.3) is 0 Å². The number of allylic oxidation sites excluding steroid dienone is 2. The lowest BCUT2D eigenvalue weighted by Gasteiger charge is -2.60. The van der Waals surface area contributed by atoms with Gasteiger partial charge in [0.1, 0.15) is 0 Å². The second-order valence-electron chi connectivity index (χ2n) is 10.6. The molecule has 2 heteroatoms. The second kappa shape index (κ2) is 6.67. The minimum absolute atomic E-state index is 0.294. The van der Waals surface area contributed by atoms with Gasteiger partial charge in [0.2, 0.25) is 0 Å². The van der Waals surface area contributed by atoms with Crippen LogP contribution in [0.15, 0.2) is 11.1 Å². The summed E-state index contributed by atoms with van der Waals surface area (Å²) >= 11 is 0. The monoisotopic (exact) mass is 358 g/mol. The van der Waals surface area contributed by atoms with E-state index in [9.17, 15) is 4.79 Å². The largest absolute Gasteiger partial charge is 0.481 e. The SMILES string of the molecule is C/C(CCC(=O)O)=C1/CCC2[C@@H]3CC[C@@H]4CCCC[C@]4(C)C3CC[C@]12C. The van der Waals surface area contributed by atoms with Gasteiger partial charge >= 0.3 is 5.97 Å². The van der Waals surface area contributed by atoms with E-state index >= 15 is 0 Å². The van der Waals surface area contributed by atoms with Crippen LogP contribution < -0.4 is 0 Å². The highest BCUT2D eigenvalue weighted by atomic mass is 16.4. The van der Waals surface area contributed by atoms with Gasteiger partial charge in [-0.15, -0.1) is 0 Å². The summed E-state index contributed by atoms with van der Waals surface area (Å²) < 4.78 is 0. The van der Waals surface area contributed by atoms with Crippen LogP contribution >= 0.6 is 0 Å². The lowest BCUT2D eigenvalue weighted by Crippen LogP contribution is -2.52. The normalized spacial score (nSPS) is 46.9. The first kappa shape index (κ1) is 18.6. The molecule has 1 N–H and O–H groups in total. The number of aliphatic carboxylic acids is 1. The summed E-state index contributed by atoms with van der Waals surface area (Å²) in [6, 6.07) is 0. The van der Waals surface area contributed by atoms with Crippen LogP contribution in [0.1, 0.15) is 97.8 Å². The van der Waals surface area contributed by atoms with Crippen molar-refractivity contribution in [1.82, 2.24) is 0 Å². The van der Waals surface area contributed by atoms with Crippen molar-refractivity contribution in [3.8, 4) is 0 Å². The molecule has 0 amide bonds. The third-order valence-corrected chi connectivity index (χ3v) is 9.60. The maximum Gasteiger partial charge on any atom is 0.303 e. The molecular formula is C24H38O2. The molecule has 0 saturated heterocycles. The predicted molar refractivity (Wildman–Crippen MR) is 106 cm³/mol. The van der Waals surface area contributed by atoms with Crippen LogP contribution in [0.2, 0.25) is 0 Å². The fourth-order valence-electron chi connectivity index (χ4n) is 8.25. The Bertz CT molecular complexity index is 605. The number of carboxylic acids is 1. The number of hydrogen-bond donors (Lipinski definition) is 1. The highest BCUT2D eigenvalue weighted by Gasteiger charge is 2.58. The molecule has 0 aliphatic heterocycles. The van der Waals surface area contributed by atoms with Crippen LogP contribution in [-0.4, -0.2) is 11.1 Å². The molecule has 2 unspecified atom stereocenters. The van der Waals surface area contributed by atoms with Crippen LogP contribution in [0.4, 0.5) is 0 Å². The molecule has 2 nitrogen and oxygen atoms in total. The summed E-state index contributed by atoms with van der Waals surface area (Å²) in [5.74, 6) is 3.08. The van der Waals surface area contributed by atoms with Crippen molar-refractivity contribution in [2.45, 2.75) is 97.8 Å². The average molecular weight is 359 g/mol. The Balaban J connectivity index is 1.58. The van der Waals surface area contributed by atoms with Gasteiger partial charge in [-0.3, -0.25) is 4.79 Å². The third-order valence-electron chi connectivity index (χ3n) is 9.60. The predicted octanol–water partition coefficient (Wildman–Crippen LogP) is 6.60. The van der Waals surface area contributed by atoms with Crippen molar-refractivity contribution >= 4 is 5.97 Å². The van der Waals surface area contributed by atoms with E-state index in [0.29, 0.717) is 17.3 Å². The molecule has 0 aromatic heterocycles. The minimum Gasteiger partial charge on any atom is -0.481 e. The summed E-state index contributed by atoms with van der Waals surface area (Å²) in [6.45, 7) is 7.41. The number of rotatable bonds is 3. The Hall–Kier alpha value is -0.790. The van der Waals surface area contributed by atoms with E-state index in [-0.39, 0.29) is 0 Å². The molecule has 0 heterocycles. The van der Waals surface area contributed by atoms with Crippen LogP contribution in [0.25, 0.3) is 0 Å². The van der Waals surface area contributed by atoms with E-state index < -0.39 is 5.97 Å². The molecule has 4 fully saturated rings. The zero-order chi connectivity index (χ0) is 18.5. The van der Waals surface area contributed by atoms with E-state index in [0.717, 1.165) is 30.1 Å². The van der Waals surface area contributed by atoms with E-state index in [2.05, 4.69) is 20.8 Å². The van der Waals surface area contributed by atoms with Crippen LogP contribution in [0, 0.1) is 34.5 Å². The first-order valence-electron chi connectivity index (χ1n) is 11.3. The standard InChI is InChI=1S/C24H38O2/c1-16(7-12-22(25)26)19-10-11-20-18-9-8-17-6-4-5-14-23(17,2)21(18)13-15-24(19,20)3/h17-18,20-21H,4-15H2,1-3H3,(H,25,26)/b19-16+/t17-,18-,20?,21?,23-,24+/m0/s1. The van der Waals surface area contributed by atoms with E-state index in [1.165, 1.54) is 69.8 Å². The second-order valence-corrected chi connectivity index (χ2v) is 10.6. The Labute approximate surface area is 159 Å². The van der Waals surface area contributed by atoms with Crippen LogP contribution in [0.3, 0.4) is 0 Å². The molecule has 0 aromatic rings. The summed E-state index contributed by atoms with van der Waals surface area (Å²) in [5, 5.41) is 9.07. The highest BCUT2D eigenvalue weighted by molar-refractivity contribution is 5.67. The number of fused-ring (bicyclic) bond motifs is 5. The summed E-state index contributed by atoms with van der Waals surface area (Å²) in [4.78, 5) is 11.0. The Morgan fingerprint density at radius 2 is 1.81 bits per heavy atom. The molecule has 0 bridgehead atoms. The van der Waals surface area contributed by atoms with Gasteiger partial charge in [-0.1, -0.05) is 37.8 Å². The molecular weight excluding hydrogens is 320 g/mol. The Morgan fingerprint density at radius 3 is 2.58 bits per heavy atom. The van der Waals surface area contributed by atoms with Crippen LogP contribution in [-0.2, 0) is 4.79 Å². The zero-order valence-corrected chi connectivity index (χ0v) is 17.2. The first-order chi connectivity index (χ1) is 12.4. The third kappa shape index (κ3) is 2.78. The molecule has 0 aromatic carbocycles. The molecule has 0 radical (unpaired) electrons. The zero-order valence-electron chi connectivity index (χ0n) is 17.2. The van der Waals surface area contributed by atoms with Gasteiger partial charge < -0.3 is 5.11 Å². The minimum atomic E-state index is -0.656. The fourth-order valence-corrected chi connectivity index (χ4v) is 8.25. The Morgan fingerprint density at radius 1 is 1.00 bits per heavy atom. The summed E-state index contributed by atoms with van der Waals surface area (Å²) in [6.07, 6.45) is 15.2. The number of hydrogen-bond acceptors (Lipinski definition) is 1. The maximum atomic E-state index is 11.0. The van der Waals surface area contributed by atoms with Crippen molar-refractivity contribution in [2.24, 2.45) is 34.5 Å². The van der Waals surface area contributed by atoms with Gasteiger partial charge in [0.05, 0.1) is 0 Å². The smallest absolute Gasteiger partial charge is 0.303 e. The fraction of sp³-hybridized carbons (Fsp3) is 0.875. The molecule has 4 rings (SSSR count). The Kier molecular flexibility index (Phi) is 4.77. The maximum absolute atomic E-state index is 11.0. The molecule has 146 valence electrons. The molecule has 4 aliphatic rings. The van der Waals surface area contributed by atoms with E-state index in [1.54, 1.807) is 5.57 Å². The van der Waals surface area contributed by atoms with Gasteiger partial charge in [-0.05, 0) is 99.2 Å². The lowest BCUT2D eigenvalue weighted by atomic mass is 9.45. The van der Waals surface area contributed by atoms with E-state index in [1.807, 2.05) is 0 Å². The average Bonchev–Trinajstić information content (AvgIpc) is 2.96. The quantitative estimate of drug-likeness (QED) is 0.577. The van der Waals surface area contributed by atoms with Crippen molar-refractivity contribution in [1.29, 1.82) is 0 Å². The van der Waals surface area contributed by atoms with Gasteiger partial charge in [-0.25, -0.2) is 0 Å². The summed E-state index contributed by atoms with van der Waals surface area (Å²) in [7, 11) is 0. The number of carbonyl (C=O) groups is 1. The van der Waals surface area contributed by atoms with Gasteiger partial charge in [0.15, 0.2) is 0 Å². The van der Waals surface area contributed by atoms with Crippen molar-refractivity contribution in [3.05, 3.63) is 11.1 Å². The number of carboxylic acid groups (broad SMARTS) is 1. The lowest BCUT2D eigenvalue weighted by molar-refractivity contribution is -0.136. The molecule has 4 aliphatic carbocycles.